The summed E-state index contributed by atoms with van der Waals surface area (Å²) < 4.78 is 50.8. The number of halogens is 4. The number of carbonyl (C=O) groups excluding carboxylic acids is 1. The molecule has 1 unspecified atom stereocenters. The van der Waals surface area contributed by atoms with Gasteiger partial charge >= 0.3 is 6.18 Å². The fourth-order valence-corrected chi connectivity index (χ4v) is 2.56. The van der Waals surface area contributed by atoms with E-state index in [1.807, 2.05) is 0 Å². The molecule has 26 heavy (non-hydrogen) atoms. The molecule has 2 aromatic heterocycles. The van der Waals surface area contributed by atoms with Gasteiger partial charge in [0, 0.05) is 31.3 Å². The van der Waals surface area contributed by atoms with Gasteiger partial charge in [0.15, 0.2) is 10.8 Å². The minimum Gasteiger partial charge on any atom is -0.472 e. The number of anilines is 1. The van der Waals surface area contributed by atoms with Crippen LogP contribution in [0.15, 0.2) is 18.3 Å². The summed E-state index contributed by atoms with van der Waals surface area (Å²) >= 11 is 5.83. The summed E-state index contributed by atoms with van der Waals surface area (Å²) in [6, 6.07) is 2.69. The zero-order chi connectivity index (χ0) is 18.9. The molecular formula is C15H14ClF3N4O3. The fraction of sp³-hybridized carbons (Fsp3) is 0.400. The number of carbonyl (C=O) groups is 1. The number of ether oxygens (including phenoxy) is 2. The minimum absolute atomic E-state index is 0.0713. The van der Waals surface area contributed by atoms with Crippen molar-refractivity contribution in [1.29, 1.82) is 0 Å². The van der Waals surface area contributed by atoms with Crippen LogP contribution in [-0.2, 0) is 18.0 Å². The normalized spacial score (nSPS) is 17.3. The maximum absolute atomic E-state index is 13.1. The summed E-state index contributed by atoms with van der Waals surface area (Å²) in [6.45, 7) is 0.989. The van der Waals surface area contributed by atoms with Crippen molar-refractivity contribution in [1.82, 2.24) is 14.8 Å². The van der Waals surface area contributed by atoms with Gasteiger partial charge in [0.1, 0.15) is 11.8 Å². The van der Waals surface area contributed by atoms with Gasteiger partial charge in [-0.1, -0.05) is 11.6 Å². The number of aromatic nitrogens is 3. The Hall–Kier alpha value is -2.33. The third kappa shape index (κ3) is 3.91. The Morgan fingerprint density at radius 2 is 2.27 bits per heavy atom. The second-order valence-corrected chi connectivity index (χ2v) is 5.93. The van der Waals surface area contributed by atoms with E-state index < -0.39 is 23.5 Å². The smallest absolute Gasteiger partial charge is 0.437 e. The fourth-order valence-electron chi connectivity index (χ4n) is 2.39. The number of hydrogen-bond acceptors (Lipinski definition) is 5. The molecule has 1 N–H and O–H groups in total. The molecule has 0 aliphatic carbocycles. The summed E-state index contributed by atoms with van der Waals surface area (Å²) in [5.41, 5.74) is -1.80. The molecular weight excluding hydrogens is 377 g/mol. The van der Waals surface area contributed by atoms with E-state index in [9.17, 15) is 18.0 Å². The average Bonchev–Trinajstić information content (AvgIpc) is 3.18. The number of amides is 1. The summed E-state index contributed by atoms with van der Waals surface area (Å²) in [5.74, 6) is -0.609. The molecule has 0 radical (unpaired) electrons. The highest BCUT2D eigenvalue weighted by Gasteiger charge is 2.39. The molecule has 11 heteroatoms. The van der Waals surface area contributed by atoms with Crippen LogP contribution in [0.3, 0.4) is 0 Å². The van der Waals surface area contributed by atoms with Gasteiger partial charge in [0.05, 0.1) is 13.2 Å². The van der Waals surface area contributed by atoms with Gasteiger partial charge < -0.3 is 14.8 Å². The van der Waals surface area contributed by atoms with Crippen LogP contribution in [0.4, 0.5) is 18.9 Å². The van der Waals surface area contributed by atoms with Crippen LogP contribution in [0, 0.1) is 0 Å². The molecule has 1 saturated heterocycles. The minimum atomic E-state index is -4.76. The highest BCUT2D eigenvalue weighted by molar-refractivity contribution is 6.33. The van der Waals surface area contributed by atoms with Crippen molar-refractivity contribution in [3.05, 3.63) is 34.7 Å². The largest absolute Gasteiger partial charge is 0.472 e. The number of nitrogens with zero attached hydrogens (tertiary/aromatic N) is 3. The van der Waals surface area contributed by atoms with Crippen molar-refractivity contribution in [2.45, 2.75) is 18.7 Å². The number of rotatable bonds is 4. The first kappa shape index (κ1) is 18.5. The third-order valence-electron chi connectivity index (χ3n) is 3.66. The molecule has 0 bridgehead atoms. The van der Waals surface area contributed by atoms with Gasteiger partial charge in [-0.05, 0) is 6.07 Å². The molecule has 1 fully saturated rings. The number of alkyl halides is 3. The van der Waals surface area contributed by atoms with Gasteiger partial charge in [0.25, 0.3) is 5.91 Å². The van der Waals surface area contributed by atoms with E-state index in [1.165, 1.54) is 25.4 Å². The third-order valence-corrected chi connectivity index (χ3v) is 4.09. The van der Waals surface area contributed by atoms with Gasteiger partial charge in [-0.15, -0.1) is 0 Å². The molecule has 0 spiro atoms. The Bertz CT molecular complexity index is 819. The Labute approximate surface area is 151 Å². The second-order valence-electron chi connectivity index (χ2n) is 5.58. The molecule has 3 rings (SSSR count). The van der Waals surface area contributed by atoms with E-state index in [-0.39, 0.29) is 22.7 Å². The van der Waals surface area contributed by atoms with Crippen molar-refractivity contribution in [3.63, 3.8) is 0 Å². The first-order valence-corrected chi connectivity index (χ1v) is 7.95. The maximum atomic E-state index is 13.1. The number of nitrogens with one attached hydrogen (secondary N) is 1. The van der Waals surface area contributed by atoms with Crippen LogP contribution in [0.1, 0.15) is 22.5 Å². The van der Waals surface area contributed by atoms with Gasteiger partial charge in [-0.2, -0.15) is 18.3 Å². The van der Waals surface area contributed by atoms with Gasteiger partial charge in [-0.25, -0.2) is 4.98 Å². The van der Waals surface area contributed by atoms with Crippen LogP contribution < -0.4 is 10.1 Å². The Morgan fingerprint density at radius 3 is 2.92 bits per heavy atom. The van der Waals surface area contributed by atoms with E-state index in [0.29, 0.717) is 19.6 Å². The van der Waals surface area contributed by atoms with Crippen LogP contribution in [0.25, 0.3) is 0 Å². The number of aryl methyl sites for hydroxylation is 1. The molecule has 1 atom stereocenters. The highest BCUT2D eigenvalue weighted by atomic mass is 35.5. The van der Waals surface area contributed by atoms with Crippen LogP contribution in [0.2, 0.25) is 5.15 Å². The molecule has 0 aromatic carbocycles. The summed E-state index contributed by atoms with van der Waals surface area (Å²) in [6.07, 6.45) is -2.92. The second kappa shape index (κ2) is 7.12. The lowest BCUT2D eigenvalue weighted by Gasteiger charge is -2.12. The van der Waals surface area contributed by atoms with Crippen LogP contribution >= 0.6 is 11.6 Å². The molecule has 2 aromatic rings. The summed E-state index contributed by atoms with van der Waals surface area (Å²) in [7, 11) is 1.25. The number of hydrogen-bond donors (Lipinski definition) is 1. The zero-order valence-corrected chi connectivity index (χ0v) is 14.3. The molecule has 140 valence electrons. The number of pyridine rings is 1. The van der Waals surface area contributed by atoms with Crippen molar-refractivity contribution in [2.24, 2.45) is 7.05 Å². The summed E-state index contributed by atoms with van der Waals surface area (Å²) in [4.78, 5) is 16.4. The Kier molecular flexibility index (Phi) is 5.05. The van der Waals surface area contributed by atoms with Gasteiger partial charge in [-0.3, -0.25) is 9.48 Å². The lowest BCUT2D eigenvalue weighted by molar-refractivity contribution is -0.140. The van der Waals surface area contributed by atoms with E-state index >= 15 is 0 Å². The average molecular weight is 391 g/mol. The predicted molar refractivity (Wildman–Crippen MR) is 85.3 cm³/mol. The van der Waals surface area contributed by atoms with E-state index in [0.717, 1.165) is 4.68 Å². The highest BCUT2D eigenvalue weighted by Crippen LogP contribution is 2.38. The summed E-state index contributed by atoms with van der Waals surface area (Å²) in [5, 5.41) is 5.14. The monoisotopic (exact) mass is 390 g/mol. The first-order chi connectivity index (χ1) is 12.3. The Balaban J connectivity index is 1.80. The van der Waals surface area contributed by atoms with Crippen molar-refractivity contribution in [2.75, 3.05) is 18.5 Å². The zero-order valence-electron chi connectivity index (χ0n) is 13.5. The van der Waals surface area contributed by atoms with Crippen LogP contribution in [-0.4, -0.2) is 40.0 Å². The maximum Gasteiger partial charge on any atom is 0.437 e. The Morgan fingerprint density at radius 1 is 1.50 bits per heavy atom. The van der Waals surface area contributed by atoms with E-state index in [4.69, 9.17) is 21.1 Å². The molecule has 3 heterocycles. The van der Waals surface area contributed by atoms with Crippen molar-refractivity contribution in [3.8, 4) is 5.88 Å². The van der Waals surface area contributed by atoms with Crippen molar-refractivity contribution >= 4 is 23.2 Å². The van der Waals surface area contributed by atoms with Crippen molar-refractivity contribution < 1.29 is 27.4 Å². The van der Waals surface area contributed by atoms with E-state index in [1.54, 1.807) is 0 Å². The quantitative estimate of drug-likeness (QED) is 0.868. The molecule has 1 aliphatic heterocycles. The predicted octanol–water partition coefficient (Wildman–Crippen LogP) is 2.91. The molecule has 1 amide bonds. The van der Waals surface area contributed by atoms with Crippen LogP contribution in [0.5, 0.6) is 5.88 Å². The lowest BCUT2D eigenvalue weighted by atomic mass is 10.2. The topological polar surface area (TPSA) is 78.3 Å². The molecule has 7 nitrogen and oxygen atoms in total. The molecule has 0 saturated carbocycles. The standard InChI is InChI=1S/C15H14ClF3N4O3/c1-23-13(16)11(12(22-23)15(17,18)19)21-14(24)8-2-4-20-10(6-8)26-9-3-5-25-7-9/h2,4,6,9H,3,5,7H2,1H3,(H,21,24). The van der Waals surface area contributed by atoms with E-state index in [2.05, 4.69) is 15.4 Å². The van der Waals surface area contributed by atoms with Gasteiger partial charge in [0.2, 0.25) is 5.88 Å². The SMILES string of the molecule is Cn1nc(C(F)(F)F)c(NC(=O)c2ccnc(OC3CCOC3)c2)c1Cl. The molecule has 1 aliphatic rings. The lowest BCUT2D eigenvalue weighted by Crippen LogP contribution is -2.18. The first-order valence-electron chi connectivity index (χ1n) is 7.57.